The first-order chi connectivity index (χ1) is 14.1. The molecule has 0 aliphatic heterocycles. The summed E-state index contributed by atoms with van der Waals surface area (Å²) < 4.78 is 7.48. The van der Waals surface area contributed by atoms with Gasteiger partial charge >= 0.3 is 0 Å². The smallest absolute Gasteiger partial charge is 0.258 e. The van der Waals surface area contributed by atoms with Crippen LogP contribution in [-0.2, 0) is 6.54 Å². The number of hydrogen-bond donors (Lipinski definition) is 2. The highest BCUT2D eigenvalue weighted by atomic mass is 16.3. The summed E-state index contributed by atoms with van der Waals surface area (Å²) in [6.07, 6.45) is 1.65. The van der Waals surface area contributed by atoms with E-state index < -0.39 is 0 Å². The van der Waals surface area contributed by atoms with E-state index >= 15 is 0 Å². The van der Waals surface area contributed by atoms with Gasteiger partial charge in [0.05, 0.1) is 23.9 Å². The van der Waals surface area contributed by atoms with Crippen LogP contribution in [0.1, 0.15) is 17.0 Å². The zero-order valence-electron chi connectivity index (χ0n) is 16.2. The van der Waals surface area contributed by atoms with Gasteiger partial charge in [0.1, 0.15) is 22.9 Å². The fraction of sp³-hybridized carbons (Fsp3) is 0.130. The van der Waals surface area contributed by atoms with Gasteiger partial charge in [0, 0.05) is 5.69 Å². The van der Waals surface area contributed by atoms with Gasteiger partial charge in [-0.2, -0.15) is 0 Å². The van der Waals surface area contributed by atoms with Crippen molar-refractivity contribution in [3.63, 3.8) is 0 Å². The van der Waals surface area contributed by atoms with Gasteiger partial charge in [-0.15, -0.1) is 0 Å². The molecule has 5 aromatic rings. The Morgan fingerprint density at radius 2 is 1.97 bits per heavy atom. The molecule has 0 unspecified atom stereocenters. The second kappa shape index (κ2) is 6.67. The van der Waals surface area contributed by atoms with Gasteiger partial charge in [-0.25, -0.2) is 4.98 Å². The zero-order chi connectivity index (χ0) is 20.0. The number of H-pyrrole nitrogens is 1. The Kier molecular flexibility index (Phi) is 3.98. The van der Waals surface area contributed by atoms with E-state index in [-0.39, 0.29) is 5.56 Å². The topological polar surface area (TPSA) is 75.3 Å². The summed E-state index contributed by atoms with van der Waals surface area (Å²) in [5, 5.41) is 4.40. The molecule has 0 fully saturated rings. The summed E-state index contributed by atoms with van der Waals surface area (Å²) in [6.45, 7) is 4.50. The number of nitrogens with one attached hydrogen (secondary N) is 2. The van der Waals surface area contributed by atoms with Crippen LogP contribution in [0.4, 0.5) is 5.82 Å². The van der Waals surface area contributed by atoms with Crippen LogP contribution in [0.25, 0.3) is 27.8 Å². The van der Waals surface area contributed by atoms with Crippen molar-refractivity contribution in [2.45, 2.75) is 20.4 Å². The average Bonchev–Trinajstić information content (AvgIpc) is 3.35. The Labute approximate surface area is 166 Å². The van der Waals surface area contributed by atoms with Crippen LogP contribution in [-0.4, -0.2) is 14.4 Å². The lowest BCUT2D eigenvalue weighted by Gasteiger charge is -2.10. The number of nitrogens with zero attached hydrogens (tertiary/aromatic N) is 2. The van der Waals surface area contributed by atoms with E-state index in [4.69, 9.17) is 9.40 Å². The van der Waals surface area contributed by atoms with Crippen LogP contribution in [0.15, 0.2) is 70.1 Å². The van der Waals surface area contributed by atoms with Crippen molar-refractivity contribution < 1.29 is 4.42 Å². The highest BCUT2D eigenvalue weighted by molar-refractivity contribution is 5.87. The number of hydrogen-bond acceptors (Lipinski definition) is 4. The number of aryl methyl sites for hydroxylation is 2. The van der Waals surface area contributed by atoms with Crippen LogP contribution in [0.2, 0.25) is 0 Å². The quantitative estimate of drug-likeness (QED) is 0.472. The molecule has 0 spiro atoms. The number of rotatable bonds is 4. The number of furan rings is 1. The molecule has 1 aromatic carbocycles. The van der Waals surface area contributed by atoms with Crippen molar-refractivity contribution in [3.05, 3.63) is 88.2 Å². The number of anilines is 1. The molecule has 0 amide bonds. The Hall–Kier alpha value is -3.80. The standard InChI is InChI=1S/C23H20N4O2/c1-14-6-3-8-16-12-18(23(28)26-20(14)16)21-22(24-13-17-9-5-11-29-17)27-15(2)7-4-10-19(27)25-21/h3-12,24H,13H2,1-2H3,(H,26,28). The lowest BCUT2D eigenvalue weighted by molar-refractivity contribution is 0.517. The third-order valence-corrected chi connectivity index (χ3v) is 5.19. The van der Waals surface area contributed by atoms with Gasteiger partial charge in [0.25, 0.3) is 5.56 Å². The van der Waals surface area contributed by atoms with E-state index in [1.807, 2.05) is 72.8 Å². The molecule has 6 heteroatoms. The average molecular weight is 384 g/mol. The van der Waals surface area contributed by atoms with Gasteiger partial charge in [0.15, 0.2) is 0 Å². The number of aromatic amines is 1. The second-order valence-electron chi connectivity index (χ2n) is 7.15. The molecular formula is C23H20N4O2. The fourth-order valence-electron chi connectivity index (χ4n) is 3.75. The molecule has 0 atom stereocenters. The van der Waals surface area contributed by atoms with Crippen LogP contribution in [0.5, 0.6) is 0 Å². The molecule has 0 saturated carbocycles. The molecule has 0 aliphatic rings. The van der Waals surface area contributed by atoms with Crippen molar-refractivity contribution >= 4 is 22.4 Å². The Morgan fingerprint density at radius 1 is 1.10 bits per heavy atom. The van der Waals surface area contributed by atoms with Crippen LogP contribution in [0.3, 0.4) is 0 Å². The normalized spacial score (nSPS) is 11.4. The number of para-hydroxylation sites is 1. The monoisotopic (exact) mass is 384 g/mol. The Morgan fingerprint density at radius 3 is 2.79 bits per heavy atom. The first kappa shape index (κ1) is 17.3. The van der Waals surface area contributed by atoms with Gasteiger partial charge < -0.3 is 14.7 Å². The van der Waals surface area contributed by atoms with E-state index in [0.717, 1.165) is 39.4 Å². The van der Waals surface area contributed by atoms with E-state index in [2.05, 4.69) is 10.3 Å². The maximum absolute atomic E-state index is 13.0. The zero-order valence-corrected chi connectivity index (χ0v) is 16.2. The lowest BCUT2D eigenvalue weighted by Crippen LogP contribution is -2.11. The van der Waals surface area contributed by atoms with Gasteiger partial charge in [-0.3, -0.25) is 9.20 Å². The van der Waals surface area contributed by atoms with Crippen molar-refractivity contribution in [1.82, 2.24) is 14.4 Å². The molecule has 4 heterocycles. The van der Waals surface area contributed by atoms with E-state index in [9.17, 15) is 4.79 Å². The third kappa shape index (κ3) is 2.89. The Bertz CT molecular complexity index is 1390. The molecular weight excluding hydrogens is 364 g/mol. The van der Waals surface area contributed by atoms with Crippen molar-refractivity contribution in [3.8, 4) is 11.3 Å². The summed E-state index contributed by atoms with van der Waals surface area (Å²) in [5.41, 5.74) is 4.69. The summed E-state index contributed by atoms with van der Waals surface area (Å²) in [7, 11) is 0. The highest BCUT2D eigenvalue weighted by Crippen LogP contribution is 2.30. The first-order valence-electron chi connectivity index (χ1n) is 9.49. The molecule has 2 N–H and O–H groups in total. The third-order valence-electron chi connectivity index (χ3n) is 5.19. The molecule has 0 radical (unpaired) electrons. The fourth-order valence-corrected chi connectivity index (χ4v) is 3.75. The first-order valence-corrected chi connectivity index (χ1v) is 9.49. The minimum atomic E-state index is -0.158. The largest absolute Gasteiger partial charge is 0.467 e. The van der Waals surface area contributed by atoms with Gasteiger partial charge in [0.2, 0.25) is 0 Å². The lowest BCUT2D eigenvalue weighted by atomic mass is 10.1. The SMILES string of the molecule is Cc1cccc2cc(-c3nc4cccc(C)n4c3NCc3ccco3)c(=O)[nH]c12. The van der Waals surface area contributed by atoms with Crippen molar-refractivity contribution in [2.75, 3.05) is 5.32 Å². The number of imidazole rings is 1. The van der Waals surface area contributed by atoms with Gasteiger partial charge in [-0.05, 0) is 55.1 Å². The van der Waals surface area contributed by atoms with Crippen LogP contribution >= 0.6 is 0 Å². The summed E-state index contributed by atoms with van der Waals surface area (Å²) in [6, 6.07) is 17.6. The van der Waals surface area contributed by atoms with Crippen LogP contribution in [0, 0.1) is 13.8 Å². The predicted octanol–water partition coefficient (Wildman–Crippen LogP) is 4.66. The summed E-state index contributed by atoms with van der Waals surface area (Å²) >= 11 is 0. The number of aromatic nitrogens is 3. The minimum absolute atomic E-state index is 0.158. The van der Waals surface area contributed by atoms with Crippen LogP contribution < -0.4 is 10.9 Å². The maximum Gasteiger partial charge on any atom is 0.258 e. The highest BCUT2D eigenvalue weighted by Gasteiger charge is 2.19. The van der Waals surface area contributed by atoms with Crippen molar-refractivity contribution in [2.24, 2.45) is 0 Å². The molecule has 0 bridgehead atoms. The molecule has 29 heavy (non-hydrogen) atoms. The number of benzene rings is 1. The Balaban J connectivity index is 1.73. The molecule has 5 rings (SSSR count). The maximum atomic E-state index is 13.0. The molecule has 6 nitrogen and oxygen atoms in total. The summed E-state index contributed by atoms with van der Waals surface area (Å²) in [5.74, 6) is 1.58. The van der Waals surface area contributed by atoms with E-state index in [1.54, 1.807) is 6.26 Å². The molecule has 0 aliphatic carbocycles. The number of pyridine rings is 2. The molecule has 0 saturated heterocycles. The molecule has 4 aromatic heterocycles. The van der Waals surface area contributed by atoms with E-state index in [1.165, 1.54) is 0 Å². The predicted molar refractivity (Wildman–Crippen MR) is 114 cm³/mol. The number of fused-ring (bicyclic) bond motifs is 2. The minimum Gasteiger partial charge on any atom is -0.467 e. The second-order valence-corrected chi connectivity index (χ2v) is 7.15. The van der Waals surface area contributed by atoms with Gasteiger partial charge in [-0.1, -0.05) is 24.3 Å². The molecule has 144 valence electrons. The van der Waals surface area contributed by atoms with E-state index in [0.29, 0.717) is 17.8 Å². The summed E-state index contributed by atoms with van der Waals surface area (Å²) in [4.78, 5) is 20.8. The van der Waals surface area contributed by atoms with Crippen molar-refractivity contribution in [1.29, 1.82) is 0 Å².